The molecule has 1 amide bonds. The highest BCUT2D eigenvalue weighted by atomic mass is 16.1. The molecule has 1 aromatic rings. The number of aryl methyl sites for hydroxylation is 2. The topological polar surface area (TPSA) is 63.4 Å². The Kier molecular flexibility index (Phi) is 4.62. The molecule has 0 aliphatic rings. The Morgan fingerprint density at radius 3 is 2.50 bits per heavy atom. The lowest BCUT2D eigenvalue weighted by molar-refractivity contribution is -0.119. The molecule has 0 radical (unpaired) electrons. The van der Waals surface area contributed by atoms with Crippen LogP contribution in [0.4, 0.5) is 0 Å². The summed E-state index contributed by atoms with van der Waals surface area (Å²) in [5.41, 5.74) is 7.84. The summed E-state index contributed by atoms with van der Waals surface area (Å²) in [4.78, 5) is 24.9. The van der Waals surface area contributed by atoms with Gasteiger partial charge in [0.05, 0.1) is 12.6 Å². The minimum Gasteiger partial charge on any atom is -0.369 e. The van der Waals surface area contributed by atoms with Crippen LogP contribution in [-0.4, -0.2) is 36.2 Å². The predicted octanol–water partition coefficient (Wildman–Crippen LogP) is 1.29. The molecule has 0 bridgehead atoms. The number of amides is 1. The Morgan fingerprint density at radius 2 is 1.94 bits per heavy atom. The van der Waals surface area contributed by atoms with Gasteiger partial charge in [-0.25, -0.2) is 0 Å². The van der Waals surface area contributed by atoms with Gasteiger partial charge in [-0.3, -0.25) is 14.5 Å². The summed E-state index contributed by atoms with van der Waals surface area (Å²) >= 11 is 0. The maximum atomic E-state index is 12.3. The lowest BCUT2D eigenvalue weighted by atomic mass is 9.98. The van der Waals surface area contributed by atoms with Crippen molar-refractivity contribution in [3.63, 3.8) is 0 Å². The fourth-order valence-electron chi connectivity index (χ4n) is 1.81. The highest BCUT2D eigenvalue weighted by molar-refractivity contribution is 6.01. The van der Waals surface area contributed by atoms with E-state index in [2.05, 4.69) is 0 Å². The Labute approximate surface area is 108 Å². The van der Waals surface area contributed by atoms with Gasteiger partial charge >= 0.3 is 0 Å². The van der Waals surface area contributed by atoms with Crippen molar-refractivity contribution in [2.75, 3.05) is 13.6 Å². The van der Waals surface area contributed by atoms with E-state index in [1.165, 1.54) is 0 Å². The van der Waals surface area contributed by atoms with Gasteiger partial charge in [0.1, 0.15) is 0 Å². The van der Waals surface area contributed by atoms with Crippen LogP contribution in [0.2, 0.25) is 0 Å². The van der Waals surface area contributed by atoms with Crippen LogP contribution >= 0.6 is 0 Å². The summed E-state index contributed by atoms with van der Waals surface area (Å²) in [5, 5.41) is 0. The van der Waals surface area contributed by atoms with Gasteiger partial charge in [-0.15, -0.1) is 0 Å². The number of ketones is 1. The number of nitrogens with two attached hydrogens (primary N) is 1. The van der Waals surface area contributed by atoms with Gasteiger partial charge in [0.25, 0.3) is 0 Å². The van der Waals surface area contributed by atoms with Gasteiger partial charge in [0, 0.05) is 5.56 Å². The SMILES string of the molecule is Cc1ccc(C)c(C(=O)C(C)N(C)CC(N)=O)c1. The van der Waals surface area contributed by atoms with Crippen molar-refractivity contribution < 1.29 is 9.59 Å². The van der Waals surface area contributed by atoms with Gasteiger partial charge in [0.15, 0.2) is 5.78 Å². The summed E-state index contributed by atoms with van der Waals surface area (Å²) in [6, 6.07) is 5.43. The monoisotopic (exact) mass is 248 g/mol. The van der Waals surface area contributed by atoms with Crippen LogP contribution in [0.15, 0.2) is 18.2 Å². The molecule has 0 saturated carbocycles. The number of carbonyl (C=O) groups is 2. The summed E-state index contributed by atoms with van der Waals surface area (Å²) in [5.74, 6) is -0.418. The predicted molar refractivity (Wildman–Crippen MR) is 71.5 cm³/mol. The minimum absolute atomic E-state index is 0.0138. The molecule has 0 aromatic heterocycles. The number of carbonyl (C=O) groups excluding carboxylic acids is 2. The second-order valence-electron chi connectivity index (χ2n) is 4.74. The van der Waals surface area contributed by atoms with Crippen LogP contribution in [0.5, 0.6) is 0 Å². The normalized spacial score (nSPS) is 12.5. The highest BCUT2D eigenvalue weighted by Gasteiger charge is 2.21. The van der Waals surface area contributed by atoms with E-state index in [0.717, 1.165) is 11.1 Å². The molecule has 1 rings (SSSR count). The molecule has 1 atom stereocenters. The molecule has 0 saturated heterocycles. The van der Waals surface area contributed by atoms with Crippen molar-refractivity contribution in [1.82, 2.24) is 4.90 Å². The molecule has 18 heavy (non-hydrogen) atoms. The molecular weight excluding hydrogens is 228 g/mol. The first-order valence-corrected chi connectivity index (χ1v) is 5.93. The van der Waals surface area contributed by atoms with Crippen molar-refractivity contribution in [3.8, 4) is 0 Å². The standard InChI is InChI=1S/C14H20N2O2/c1-9-5-6-10(2)12(7-9)14(18)11(3)16(4)8-13(15)17/h5-7,11H,8H2,1-4H3,(H2,15,17). The van der Waals surface area contributed by atoms with Crippen LogP contribution in [0.3, 0.4) is 0 Å². The van der Waals surface area contributed by atoms with E-state index in [-0.39, 0.29) is 18.4 Å². The third kappa shape index (κ3) is 3.40. The number of nitrogens with zero attached hydrogens (tertiary/aromatic N) is 1. The van der Waals surface area contributed by atoms with E-state index in [9.17, 15) is 9.59 Å². The Bertz CT molecular complexity index is 469. The number of hydrogen-bond donors (Lipinski definition) is 1. The molecule has 4 heteroatoms. The highest BCUT2D eigenvalue weighted by Crippen LogP contribution is 2.14. The van der Waals surface area contributed by atoms with E-state index in [4.69, 9.17) is 5.73 Å². The Hall–Kier alpha value is -1.68. The van der Waals surface area contributed by atoms with Crippen molar-refractivity contribution in [1.29, 1.82) is 0 Å². The lowest BCUT2D eigenvalue weighted by Gasteiger charge is -2.22. The molecule has 1 aromatic carbocycles. The molecule has 2 N–H and O–H groups in total. The zero-order chi connectivity index (χ0) is 13.9. The lowest BCUT2D eigenvalue weighted by Crippen LogP contribution is -2.41. The quantitative estimate of drug-likeness (QED) is 0.799. The smallest absolute Gasteiger partial charge is 0.231 e. The van der Waals surface area contributed by atoms with Crippen LogP contribution in [0.25, 0.3) is 0 Å². The molecule has 0 fully saturated rings. The number of Topliss-reactive ketones (excluding diaryl/α,β-unsaturated/α-hetero) is 1. The van der Waals surface area contributed by atoms with Gasteiger partial charge in [-0.2, -0.15) is 0 Å². The zero-order valence-electron chi connectivity index (χ0n) is 11.4. The maximum absolute atomic E-state index is 12.3. The molecule has 0 heterocycles. The third-order valence-corrected chi connectivity index (χ3v) is 3.10. The molecule has 0 aliphatic carbocycles. The van der Waals surface area contributed by atoms with Crippen LogP contribution in [0, 0.1) is 13.8 Å². The maximum Gasteiger partial charge on any atom is 0.231 e. The Balaban J connectivity index is 2.92. The van der Waals surface area contributed by atoms with Gasteiger partial charge in [-0.1, -0.05) is 17.7 Å². The van der Waals surface area contributed by atoms with Crippen molar-refractivity contribution in [2.24, 2.45) is 5.73 Å². The van der Waals surface area contributed by atoms with Gasteiger partial charge in [0.2, 0.25) is 5.91 Å². The molecule has 0 spiro atoms. The van der Waals surface area contributed by atoms with E-state index in [0.29, 0.717) is 5.56 Å². The summed E-state index contributed by atoms with van der Waals surface area (Å²) in [6.45, 7) is 5.73. The molecule has 4 nitrogen and oxygen atoms in total. The minimum atomic E-state index is -0.432. The van der Waals surface area contributed by atoms with Crippen molar-refractivity contribution >= 4 is 11.7 Å². The molecule has 0 aliphatic heterocycles. The average Bonchev–Trinajstić information content (AvgIpc) is 2.29. The van der Waals surface area contributed by atoms with E-state index in [1.807, 2.05) is 32.0 Å². The van der Waals surface area contributed by atoms with Crippen molar-refractivity contribution in [2.45, 2.75) is 26.8 Å². The van der Waals surface area contributed by atoms with Crippen LogP contribution < -0.4 is 5.73 Å². The van der Waals surface area contributed by atoms with E-state index >= 15 is 0 Å². The number of benzene rings is 1. The second kappa shape index (κ2) is 5.78. The van der Waals surface area contributed by atoms with Crippen LogP contribution in [-0.2, 0) is 4.79 Å². The number of hydrogen-bond acceptors (Lipinski definition) is 3. The zero-order valence-corrected chi connectivity index (χ0v) is 11.4. The molecule has 1 unspecified atom stereocenters. The summed E-state index contributed by atoms with van der Waals surface area (Å²) < 4.78 is 0. The fourth-order valence-corrected chi connectivity index (χ4v) is 1.81. The second-order valence-corrected chi connectivity index (χ2v) is 4.74. The van der Waals surface area contributed by atoms with Gasteiger partial charge in [-0.05, 0) is 39.4 Å². The van der Waals surface area contributed by atoms with Crippen LogP contribution in [0.1, 0.15) is 28.4 Å². The average molecular weight is 248 g/mol. The summed E-state index contributed by atoms with van der Waals surface area (Å²) in [6.07, 6.45) is 0. The number of likely N-dealkylation sites (N-methyl/N-ethyl adjacent to an activating group) is 1. The molecular formula is C14H20N2O2. The number of primary amides is 1. The molecule has 98 valence electrons. The summed E-state index contributed by atoms with van der Waals surface area (Å²) in [7, 11) is 1.72. The first-order chi connectivity index (χ1) is 8.32. The van der Waals surface area contributed by atoms with Crippen molar-refractivity contribution in [3.05, 3.63) is 34.9 Å². The fraction of sp³-hybridized carbons (Fsp3) is 0.429. The van der Waals surface area contributed by atoms with E-state index in [1.54, 1.807) is 18.9 Å². The largest absolute Gasteiger partial charge is 0.369 e. The van der Waals surface area contributed by atoms with Gasteiger partial charge < -0.3 is 5.73 Å². The first-order valence-electron chi connectivity index (χ1n) is 5.93. The Morgan fingerprint density at radius 1 is 1.33 bits per heavy atom. The third-order valence-electron chi connectivity index (χ3n) is 3.10. The number of rotatable bonds is 5. The first kappa shape index (κ1) is 14.4. The van der Waals surface area contributed by atoms with E-state index < -0.39 is 5.91 Å².